The van der Waals surface area contributed by atoms with Gasteiger partial charge in [-0.2, -0.15) is 0 Å². The monoisotopic (exact) mass is 251 g/mol. The summed E-state index contributed by atoms with van der Waals surface area (Å²) in [6.07, 6.45) is 1.97. The molecule has 1 heterocycles. The summed E-state index contributed by atoms with van der Waals surface area (Å²) >= 11 is 0. The summed E-state index contributed by atoms with van der Waals surface area (Å²) in [7, 11) is 1.32. The van der Waals surface area contributed by atoms with Gasteiger partial charge in [0.15, 0.2) is 5.76 Å². The molecule has 1 amide bonds. The average molecular weight is 251 g/mol. The Hall–Kier alpha value is -1.78. The van der Waals surface area contributed by atoms with Gasteiger partial charge in [0.05, 0.1) is 7.11 Å². The molecule has 98 valence electrons. The minimum atomic E-state index is -0.834. The Morgan fingerprint density at radius 1 is 1.50 bits per heavy atom. The van der Waals surface area contributed by atoms with Gasteiger partial charge in [0.2, 0.25) is 0 Å². The topological polar surface area (TPSA) is 68.5 Å². The average Bonchev–Trinajstić information content (AvgIpc) is 3.04. The largest absolute Gasteiger partial charge is 0.467 e. The zero-order chi connectivity index (χ0) is 13.3. The molecule has 1 aliphatic rings. The van der Waals surface area contributed by atoms with E-state index >= 15 is 0 Å². The summed E-state index contributed by atoms with van der Waals surface area (Å²) in [5.74, 6) is 0.290. The predicted octanol–water partition coefficient (Wildman–Crippen LogP) is 1.59. The molecule has 0 saturated heterocycles. The van der Waals surface area contributed by atoms with Gasteiger partial charge in [0.1, 0.15) is 11.3 Å². The van der Waals surface area contributed by atoms with Crippen LogP contribution in [0.3, 0.4) is 0 Å². The molecule has 1 aliphatic carbocycles. The summed E-state index contributed by atoms with van der Waals surface area (Å²) in [4.78, 5) is 23.5. The van der Waals surface area contributed by atoms with E-state index in [1.165, 1.54) is 7.11 Å². The van der Waals surface area contributed by atoms with Crippen LogP contribution in [0.5, 0.6) is 0 Å². The van der Waals surface area contributed by atoms with Crippen molar-refractivity contribution in [2.24, 2.45) is 0 Å². The summed E-state index contributed by atoms with van der Waals surface area (Å²) in [6, 6.07) is 1.70. The third-order valence-corrected chi connectivity index (χ3v) is 3.24. The molecular weight excluding hydrogens is 234 g/mol. The molecule has 1 aromatic rings. The van der Waals surface area contributed by atoms with Crippen LogP contribution >= 0.6 is 0 Å². The van der Waals surface area contributed by atoms with Crippen LogP contribution in [0.4, 0.5) is 0 Å². The highest BCUT2D eigenvalue weighted by Gasteiger charge is 2.52. The Bertz CT molecular complexity index is 485. The first-order chi connectivity index (χ1) is 8.52. The Morgan fingerprint density at radius 2 is 2.17 bits per heavy atom. The van der Waals surface area contributed by atoms with Crippen LogP contribution in [0.15, 0.2) is 10.5 Å². The number of rotatable bonds is 4. The SMILES string of the molecule is CCc1oc(C(=O)NC2(C(=O)OC)CC2)cc1C. The van der Waals surface area contributed by atoms with Crippen molar-refractivity contribution >= 4 is 11.9 Å². The van der Waals surface area contributed by atoms with Crippen molar-refractivity contribution < 1.29 is 18.7 Å². The lowest BCUT2D eigenvalue weighted by molar-refractivity contribution is -0.144. The third kappa shape index (κ3) is 2.12. The summed E-state index contributed by atoms with van der Waals surface area (Å²) < 4.78 is 10.1. The second kappa shape index (κ2) is 4.48. The number of aryl methyl sites for hydroxylation is 2. The van der Waals surface area contributed by atoms with Crippen molar-refractivity contribution in [1.29, 1.82) is 0 Å². The van der Waals surface area contributed by atoms with Crippen molar-refractivity contribution in [3.8, 4) is 0 Å². The molecule has 0 bridgehead atoms. The van der Waals surface area contributed by atoms with Crippen LogP contribution in [0.1, 0.15) is 41.6 Å². The molecule has 2 rings (SSSR count). The molecule has 0 radical (unpaired) electrons. The zero-order valence-corrected chi connectivity index (χ0v) is 10.8. The molecule has 1 saturated carbocycles. The summed E-state index contributed by atoms with van der Waals surface area (Å²) in [6.45, 7) is 3.86. The Morgan fingerprint density at radius 3 is 2.61 bits per heavy atom. The van der Waals surface area contributed by atoms with Crippen LogP contribution in [-0.2, 0) is 16.0 Å². The maximum atomic E-state index is 12.0. The zero-order valence-electron chi connectivity index (χ0n) is 10.8. The molecule has 5 nitrogen and oxygen atoms in total. The van der Waals surface area contributed by atoms with Crippen LogP contribution in [0, 0.1) is 6.92 Å². The van der Waals surface area contributed by atoms with Crippen LogP contribution in [0.2, 0.25) is 0 Å². The van der Waals surface area contributed by atoms with Gasteiger partial charge in [0, 0.05) is 6.42 Å². The first-order valence-corrected chi connectivity index (χ1v) is 6.02. The van der Waals surface area contributed by atoms with E-state index in [1.807, 2.05) is 13.8 Å². The molecule has 1 aromatic heterocycles. The van der Waals surface area contributed by atoms with Crippen LogP contribution in [0.25, 0.3) is 0 Å². The van der Waals surface area contributed by atoms with Crippen molar-refractivity contribution in [3.05, 3.63) is 23.2 Å². The van der Waals surface area contributed by atoms with Crippen LogP contribution < -0.4 is 5.32 Å². The van der Waals surface area contributed by atoms with Crippen molar-refractivity contribution in [2.45, 2.75) is 38.6 Å². The Balaban J connectivity index is 2.10. The number of carbonyl (C=O) groups is 2. The lowest BCUT2D eigenvalue weighted by Crippen LogP contribution is -2.43. The van der Waals surface area contributed by atoms with Gasteiger partial charge in [-0.25, -0.2) is 4.79 Å². The third-order valence-electron chi connectivity index (χ3n) is 3.24. The lowest BCUT2D eigenvalue weighted by Gasteiger charge is -2.13. The van der Waals surface area contributed by atoms with Gasteiger partial charge in [-0.3, -0.25) is 4.79 Å². The van der Waals surface area contributed by atoms with E-state index in [-0.39, 0.29) is 11.7 Å². The van der Waals surface area contributed by atoms with Gasteiger partial charge in [-0.15, -0.1) is 0 Å². The maximum Gasteiger partial charge on any atom is 0.331 e. The fraction of sp³-hybridized carbons (Fsp3) is 0.538. The number of methoxy groups -OCH3 is 1. The van der Waals surface area contributed by atoms with Gasteiger partial charge < -0.3 is 14.5 Å². The molecule has 18 heavy (non-hydrogen) atoms. The van der Waals surface area contributed by atoms with Crippen molar-refractivity contribution in [2.75, 3.05) is 7.11 Å². The summed E-state index contributed by atoms with van der Waals surface area (Å²) in [5, 5.41) is 2.69. The smallest absolute Gasteiger partial charge is 0.331 e. The van der Waals surface area contributed by atoms with Crippen LogP contribution in [-0.4, -0.2) is 24.5 Å². The second-order valence-corrected chi connectivity index (χ2v) is 4.60. The molecule has 5 heteroatoms. The number of furan rings is 1. The molecule has 0 atom stereocenters. The van der Waals surface area contributed by atoms with E-state index in [9.17, 15) is 9.59 Å². The van der Waals surface area contributed by atoms with Gasteiger partial charge in [-0.1, -0.05) is 6.92 Å². The van der Waals surface area contributed by atoms with E-state index in [2.05, 4.69) is 10.1 Å². The van der Waals surface area contributed by atoms with E-state index in [0.29, 0.717) is 12.8 Å². The standard InChI is InChI=1S/C13H17NO4/c1-4-9-8(2)7-10(18-9)11(15)14-13(5-6-13)12(16)17-3/h7H,4-6H2,1-3H3,(H,14,15). The molecule has 1 N–H and O–H groups in total. The first-order valence-electron chi connectivity index (χ1n) is 6.02. The van der Waals surface area contributed by atoms with E-state index in [0.717, 1.165) is 17.7 Å². The predicted molar refractivity (Wildman–Crippen MR) is 64.3 cm³/mol. The number of ether oxygens (including phenoxy) is 1. The van der Waals surface area contributed by atoms with Gasteiger partial charge in [-0.05, 0) is 31.4 Å². The quantitative estimate of drug-likeness (QED) is 0.825. The highest BCUT2D eigenvalue weighted by molar-refractivity contribution is 5.97. The number of carbonyl (C=O) groups excluding carboxylic acids is 2. The maximum absolute atomic E-state index is 12.0. The highest BCUT2D eigenvalue weighted by Crippen LogP contribution is 2.36. The van der Waals surface area contributed by atoms with E-state index in [1.54, 1.807) is 6.07 Å². The normalized spacial score (nSPS) is 16.2. The second-order valence-electron chi connectivity index (χ2n) is 4.60. The number of esters is 1. The van der Waals surface area contributed by atoms with Crippen molar-refractivity contribution in [1.82, 2.24) is 5.32 Å². The molecule has 1 fully saturated rings. The Kier molecular flexibility index (Phi) is 3.15. The molecule has 0 unspecified atom stereocenters. The highest BCUT2D eigenvalue weighted by atomic mass is 16.5. The number of amides is 1. The molecule has 0 spiro atoms. The first kappa shape index (κ1) is 12.7. The number of hydrogen-bond acceptors (Lipinski definition) is 4. The minimum Gasteiger partial charge on any atom is -0.467 e. The van der Waals surface area contributed by atoms with Gasteiger partial charge in [0.25, 0.3) is 5.91 Å². The molecular formula is C13H17NO4. The minimum absolute atomic E-state index is 0.250. The number of hydrogen-bond donors (Lipinski definition) is 1. The molecule has 0 aromatic carbocycles. The number of nitrogens with one attached hydrogen (secondary N) is 1. The fourth-order valence-corrected chi connectivity index (χ4v) is 1.96. The van der Waals surface area contributed by atoms with Crippen molar-refractivity contribution in [3.63, 3.8) is 0 Å². The Labute approximate surface area is 105 Å². The van der Waals surface area contributed by atoms with E-state index < -0.39 is 11.5 Å². The summed E-state index contributed by atoms with van der Waals surface area (Å²) in [5.41, 5.74) is 0.115. The van der Waals surface area contributed by atoms with Gasteiger partial charge >= 0.3 is 5.97 Å². The lowest BCUT2D eigenvalue weighted by atomic mass is 10.2. The fourth-order valence-electron chi connectivity index (χ4n) is 1.96. The van der Waals surface area contributed by atoms with E-state index in [4.69, 9.17) is 4.42 Å². The molecule has 0 aliphatic heterocycles.